The van der Waals surface area contributed by atoms with Crippen LogP contribution >= 0.6 is 11.7 Å². The highest BCUT2D eigenvalue weighted by atomic mass is 32.1. The van der Waals surface area contributed by atoms with E-state index in [1.54, 1.807) is 24.4 Å². The quantitative estimate of drug-likeness (QED) is 0.595. The molecule has 2 aromatic carbocycles. The van der Waals surface area contributed by atoms with Crippen LogP contribution in [0.5, 0.6) is 0 Å². The van der Waals surface area contributed by atoms with Crippen molar-refractivity contribution in [3.05, 3.63) is 48.2 Å². The molecule has 102 valence electrons. The summed E-state index contributed by atoms with van der Waals surface area (Å²) in [4.78, 5) is 12.3. The van der Waals surface area contributed by atoms with Gasteiger partial charge in [-0.15, -0.1) is 0 Å². The molecular weight excluding hydrogens is 286 g/mol. The molecule has 4 rings (SSSR count). The van der Waals surface area contributed by atoms with E-state index in [4.69, 9.17) is 0 Å². The fourth-order valence-corrected chi connectivity index (χ4v) is 2.66. The Hall–Kier alpha value is -2.80. The van der Waals surface area contributed by atoms with E-state index >= 15 is 0 Å². The maximum absolute atomic E-state index is 12.3. The molecule has 2 heterocycles. The van der Waals surface area contributed by atoms with Gasteiger partial charge in [0.15, 0.2) is 0 Å². The van der Waals surface area contributed by atoms with Gasteiger partial charge in [0.2, 0.25) is 0 Å². The van der Waals surface area contributed by atoms with Gasteiger partial charge in [-0.05, 0) is 36.4 Å². The highest BCUT2D eigenvalue weighted by Gasteiger charge is 2.09. The average Bonchev–Trinajstić information content (AvgIpc) is 3.14. The second kappa shape index (κ2) is 4.64. The second-order valence-electron chi connectivity index (χ2n) is 4.59. The number of hydrogen-bond donors (Lipinski definition) is 2. The van der Waals surface area contributed by atoms with Crippen LogP contribution in [0.25, 0.3) is 21.9 Å². The third-order valence-electron chi connectivity index (χ3n) is 3.22. The van der Waals surface area contributed by atoms with E-state index in [0.717, 1.165) is 33.7 Å². The van der Waals surface area contributed by atoms with Gasteiger partial charge in [0, 0.05) is 16.6 Å². The number of aromatic nitrogens is 4. The van der Waals surface area contributed by atoms with Gasteiger partial charge in [0.05, 0.1) is 23.4 Å². The molecule has 0 radical (unpaired) electrons. The van der Waals surface area contributed by atoms with Crippen molar-refractivity contribution in [3.63, 3.8) is 0 Å². The smallest absolute Gasteiger partial charge is 0.255 e. The lowest BCUT2D eigenvalue weighted by Gasteiger charge is -2.05. The summed E-state index contributed by atoms with van der Waals surface area (Å²) in [6, 6.07) is 10.9. The van der Waals surface area contributed by atoms with Gasteiger partial charge < -0.3 is 5.32 Å². The molecule has 21 heavy (non-hydrogen) atoms. The van der Waals surface area contributed by atoms with Crippen molar-refractivity contribution in [1.29, 1.82) is 0 Å². The molecule has 6 nitrogen and oxygen atoms in total. The van der Waals surface area contributed by atoms with Crippen LogP contribution in [0.1, 0.15) is 10.4 Å². The van der Waals surface area contributed by atoms with E-state index in [1.807, 2.05) is 18.2 Å². The molecule has 0 aliphatic rings. The van der Waals surface area contributed by atoms with Crippen molar-refractivity contribution in [2.24, 2.45) is 0 Å². The molecule has 0 bridgehead atoms. The van der Waals surface area contributed by atoms with Crippen molar-refractivity contribution in [2.45, 2.75) is 0 Å². The van der Waals surface area contributed by atoms with Crippen molar-refractivity contribution >= 4 is 45.3 Å². The largest absolute Gasteiger partial charge is 0.322 e. The topological polar surface area (TPSA) is 83.6 Å². The summed E-state index contributed by atoms with van der Waals surface area (Å²) in [5.41, 5.74) is 3.69. The summed E-state index contributed by atoms with van der Waals surface area (Å²) in [6.45, 7) is 0. The molecule has 0 spiro atoms. The Morgan fingerprint density at radius 1 is 1.10 bits per heavy atom. The average molecular weight is 295 g/mol. The standard InChI is InChI=1S/C14H9N5OS/c20-14(8-2-4-11-13(5-8)19-21-18-11)16-10-3-1-9-7-15-17-12(9)6-10/h1-7H,(H,15,17)(H,16,20). The zero-order valence-electron chi connectivity index (χ0n) is 10.7. The number of rotatable bonds is 2. The predicted octanol–water partition coefficient (Wildman–Crippen LogP) is 2.82. The summed E-state index contributed by atoms with van der Waals surface area (Å²) in [5, 5.41) is 10.7. The monoisotopic (exact) mass is 295 g/mol. The zero-order chi connectivity index (χ0) is 14.2. The predicted molar refractivity (Wildman–Crippen MR) is 81.5 cm³/mol. The lowest BCUT2D eigenvalue weighted by molar-refractivity contribution is 0.102. The number of anilines is 1. The summed E-state index contributed by atoms with van der Waals surface area (Å²) < 4.78 is 8.26. The maximum atomic E-state index is 12.3. The van der Waals surface area contributed by atoms with Gasteiger partial charge in [0.1, 0.15) is 11.0 Å². The lowest BCUT2D eigenvalue weighted by Crippen LogP contribution is -2.11. The number of hydrogen-bond acceptors (Lipinski definition) is 5. The first-order valence-corrected chi connectivity index (χ1v) is 6.99. The number of benzene rings is 2. The molecule has 2 aromatic heterocycles. The van der Waals surface area contributed by atoms with Crippen LogP contribution in [-0.2, 0) is 0 Å². The Balaban J connectivity index is 1.64. The fourth-order valence-electron chi connectivity index (χ4n) is 2.14. The number of carbonyl (C=O) groups is 1. The molecule has 1 amide bonds. The first kappa shape index (κ1) is 12.0. The van der Waals surface area contributed by atoms with Crippen molar-refractivity contribution in [1.82, 2.24) is 18.9 Å². The van der Waals surface area contributed by atoms with E-state index in [1.165, 1.54) is 0 Å². The van der Waals surface area contributed by atoms with Gasteiger partial charge in [0.25, 0.3) is 5.91 Å². The number of nitrogens with zero attached hydrogens (tertiary/aromatic N) is 3. The molecule has 0 aliphatic carbocycles. The first-order valence-electron chi connectivity index (χ1n) is 6.26. The number of aromatic amines is 1. The van der Waals surface area contributed by atoms with Crippen LogP contribution in [0.15, 0.2) is 42.6 Å². The highest BCUT2D eigenvalue weighted by Crippen LogP contribution is 2.18. The Morgan fingerprint density at radius 2 is 2.00 bits per heavy atom. The summed E-state index contributed by atoms with van der Waals surface area (Å²) in [6.07, 6.45) is 1.74. The highest BCUT2D eigenvalue weighted by molar-refractivity contribution is 7.00. The minimum atomic E-state index is -0.177. The normalized spacial score (nSPS) is 11.0. The Labute approximate surface area is 123 Å². The first-order chi connectivity index (χ1) is 10.3. The molecule has 0 aliphatic heterocycles. The van der Waals surface area contributed by atoms with Crippen LogP contribution in [0.4, 0.5) is 5.69 Å². The SMILES string of the molecule is O=C(Nc1ccc2cn[nH]c2c1)c1ccc2nsnc2c1. The lowest BCUT2D eigenvalue weighted by atomic mass is 10.1. The Morgan fingerprint density at radius 3 is 2.95 bits per heavy atom. The van der Waals surface area contributed by atoms with E-state index in [-0.39, 0.29) is 5.91 Å². The molecule has 7 heteroatoms. The fraction of sp³-hybridized carbons (Fsp3) is 0. The second-order valence-corrected chi connectivity index (χ2v) is 5.12. The van der Waals surface area contributed by atoms with E-state index in [9.17, 15) is 4.79 Å². The summed E-state index contributed by atoms with van der Waals surface area (Å²) in [5.74, 6) is -0.177. The van der Waals surface area contributed by atoms with Gasteiger partial charge in [-0.2, -0.15) is 13.8 Å². The maximum Gasteiger partial charge on any atom is 0.255 e. The van der Waals surface area contributed by atoms with Crippen LogP contribution in [0.3, 0.4) is 0 Å². The Bertz CT molecular complexity index is 958. The van der Waals surface area contributed by atoms with Crippen LogP contribution < -0.4 is 5.32 Å². The van der Waals surface area contributed by atoms with Crippen LogP contribution in [-0.4, -0.2) is 24.9 Å². The molecule has 0 saturated carbocycles. The van der Waals surface area contributed by atoms with Crippen molar-refractivity contribution in [2.75, 3.05) is 5.32 Å². The van der Waals surface area contributed by atoms with Gasteiger partial charge in [-0.3, -0.25) is 9.89 Å². The number of fused-ring (bicyclic) bond motifs is 2. The number of amides is 1. The molecule has 4 aromatic rings. The van der Waals surface area contributed by atoms with Gasteiger partial charge >= 0.3 is 0 Å². The molecule has 0 fully saturated rings. The molecular formula is C14H9N5OS. The molecule has 2 N–H and O–H groups in total. The van der Waals surface area contributed by atoms with Crippen molar-refractivity contribution < 1.29 is 4.79 Å². The van der Waals surface area contributed by atoms with Gasteiger partial charge in [-0.1, -0.05) is 0 Å². The van der Waals surface area contributed by atoms with E-state index < -0.39 is 0 Å². The van der Waals surface area contributed by atoms with E-state index in [2.05, 4.69) is 24.3 Å². The minimum Gasteiger partial charge on any atom is -0.322 e. The van der Waals surface area contributed by atoms with Crippen molar-refractivity contribution in [3.8, 4) is 0 Å². The number of carbonyl (C=O) groups excluding carboxylic acids is 1. The number of H-pyrrole nitrogens is 1. The Kier molecular flexibility index (Phi) is 2.65. The summed E-state index contributed by atoms with van der Waals surface area (Å²) >= 11 is 1.14. The third-order valence-corrected chi connectivity index (χ3v) is 3.77. The van der Waals surface area contributed by atoms with E-state index in [0.29, 0.717) is 11.3 Å². The molecule has 0 atom stereocenters. The molecule has 0 saturated heterocycles. The number of nitrogens with one attached hydrogen (secondary N) is 2. The van der Waals surface area contributed by atoms with Crippen LogP contribution in [0, 0.1) is 0 Å². The summed E-state index contributed by atoms with van der Waals surface area (Å²) in [7, 11) is 0. The third kappa shape index (κ3) is 2.13. The van der Waals surface area contributed by atoms with Crippen LogP contribution in [0.2, 0.25) is 0 Å². The zero-order valence-corrected chi connectivity index (χ0v) is 11.5. The van der Waals surface area contributed by atoms with Gasteiger partial charge in [-0.25, -0.2) is 0 Å². The minimum absolute atomic E-state index is 0.177. The molecule has 0 unspecified atom stereocenters.